The van der Waals surface area contributed by atoms with E-state index in [2.05, 4.69) is 113 Å². The molecule has 0 saturated heterocycles. The van der Waals surface area contributed by atoms with Crippen molar-refractivity contribution in [2.45, 2.75) is 380 Å². The summed E-state index contributed by atoms with van der Waals surface area (Å²) >= 11 is 0. The Morgan fingerprint density at radius 1 is 0.275 bits per heavy atom. The van der Waals surface area contributed by atoms with Crippen molar-refractivity contribution >= 4 is 39.5 Å². The lowest BCUT2D eigenvalue weighted by Gasteiger charge is -2.21. The summed E-state index contributed by atoms with van der Waals surface area (Å²) in [5.41, 5.74) is 0. The molecule has 0 aromatic heterocycles. The molecule has 0 aliphatic carbocycles. The minimum absolute atomic E-state index is 0.0837. The first-order valence-electron chi connectivity index (χ1n) is 40.8. The third-order valence-electron chi connectivity index (χ3n) is 17.3. The highest BCUT2D eigenvalue weighted by Gasteiger charge is 2.30. The molecule has 0 fully saturated rings. The number of esters is 4. The zero-order chi connectivity index (χ0) is 74.6. The van der Waals surface area contributed by atoms with Gasteiger partial charge in [0.05, 0.1) is 26.4 Å². The van der Waals surface area contributed by atoms with Crippen LogP contribution in [0, 0.1) is 0 Å². The molecular weight excluding hydrogens is 1330 g/mol. The first-order valence-corrected chi connectivity index (χ1v) is 43.8. The molecule has 5 unspecified atom stereocenters. The van der Waals surface area contributed by atoms with E-state index < -0.39 is 97.5 Å². The van der Waals surface area contributed by atoms with Gasteiger partial charge in [-0.15, -0.1) is 0 Å². The molecule has 0 aliphatic heterocycles. The van der Waals surface area contributed by atoms with Crippen LogP contribution in [0.1, 0.15) is 362 Å². The summed E-state index contributed by atoms with van der Waals surface area (Å²) in [4.78, 5) is 73.0. The molecule has 0 radical (unpaired) electrons. The number of carbonyl (C=O) groups is 4. The Morgan fingerprint density at radius 2 is 0.480 bits per heavy atom. The number of hydrogen-bond acceptors (Lipinski definition) is 15. The third kappa shape index (κ3) is 74.5. The van der Waals surface area contributed by atoms with Crippen molar-refractivity contribution in [3.8, 4) is 0 Å². The maximum absolute atomic E-state index is 13.1. The SMILES string of the molecule is CCCCC/C=C\C/C=C\C/C=C\CCCCCCCCC(=O)OCC(COP(=O)(O)OCC(O)COP(=O)(O)OCC(COC(=O)CCCCCCCC/C=C\C/C=C\C/C=C\CCCCC)OC(=O)CCCCCCCCCCCCC)OC(=O)CCCCCCC/C=C\CCCCCC. The molecule has 592 valence electrons. The van der Waals surface area contributed by atoms with Gasteiger partial charge >= 0.3 is 39.5 Å². The average molecular weight is 1480 g/mol. The normalized spacial score (nSPS) is 14.3. The molecule has 0 aromatic rings. The fourth-order valence-electron chi connectivity index (χ4n) is 11.1. The standard InChI is InChI=1S/C83H148O17P2/c1-5-9-13-17-21-25-29-32-34-36-38-40-42-45-48-51-55-59-63-67-80(85)93-73-78(99-82(87)69-65-61-57-53-47-28-24-20-16-12-8-4)75-97-101(89,90)95-71-77(84)72-96-102(91,92)98-76-79(100-83(88)70-66-62-58-54-50-44-31-27-23-19-15-11-7-3)74-94-81(86)68-64-60-56-52-49-46-43-41-39-37-35-33-30-26-22-18-14-10-6-2/h21-22,25-27,31-35,38-41,77-79,84H,5-20,23-24,28-30,36-37,42-76H2,1-4H3,(H,89,90)(H,91,92)/b25-21-,26-22-,31-27-,34-32-,35-33-,40-38-,41-39-. The minimum Gasteiger partial charge on any atom is -0.462 e. The number of aliphatic hydroxyl groups excluding tert-OH is 1. The van der Waals surface area contributed by atoms with Crippen molar-refractivity contribution in [1.29, 1.82) is 0 Å². The summed E-state index contributed by atoms with van der Waals surface area (Å²) < 4.78 is 68.6. The number of hydrogen-bond donors (Lipinski definition) is 3. The Morgan fingerprint density at radius 3 is 0.775 bits per heavy atom. The summed E-state index contributed by atoms with van der Waals surface area (Å²) in [6.45, 7) is 4.81. The zero-order valence-electron chi connectivity index (χ0n) is 64.8. The van der Waals surface area contributed by atoms with E-state index in [1.54, 1.807) is 0 Å². The molecule has 0 bridgehead atoms. The molecule has 0 amide bonds. The van der Waals surface area contributed by atoms with E-state index in [1.165, 1.54) is 103 Å². The van der Waals surface area contributed by atoms with Crippen LogP contribution in [0.25, 0.3) is 0 Å². The number of unbranched alkanes of at least 4 members (excludes halogenated alkanes) is 37. The quantitative estimate of drug-likeness (QED) is 0.0169. The first kappa shape index (κ1) is 98.2. The van der Waals surface area contributed by atoms with E-state index in [-0.39, 0.29) is 25.7 Å². The Hall–Kier alpha value is -3.76. The van der Waals surface area contributed by atoms with E-state index in [1.807, 2.05) is 0 Å². The monoisotopic (exact) mass is 1480 g/mol. The highest BCUT2D eigenvalue weighted by Crippen LogP contribution is 2.45. The Kier molecular flexibility index (Phi) is 72.7. The molecule has 102 heavy (non-hydrogen) atoms. The van der Waals surface area contributed by atoms with Gasteiger partial charge < -0.3 is 33.8 Å². The lowest BCUT2D eigenvalue weighted by atomic mass is 10.1. The number of phosphoric ester groups is 2. The number of allylic oxidation sites excluding steroid dienone is 14. The maximum atomic E-state index is 13.1. The topological polar surface area (TPSA) is 237 Å². The van der Waals surface area contributed by atoms with Crippen molar-refractivity contribution in [2.24, 2.45) is 0 Å². The lowest BCUT2D eigenvalue weighted by Crippen LogP contribution is -2.30. The molecule has 0 aliphatic rings. The van der Waals surface area contributed by atoms with Gasteiger partial charge in [0.2, 0.25) is 0 Å². The highest BCUT2D eigenvalue weighted by atomic mass is 31.2. The van der Waals surface area contributed by atoms with Gasteiger partial charge in [-0.25, -0.2) is 9.13 Å². The largest absolute Gasteiger partial charge is 0.472 e. The van der Waals surface area contributed by atoms with Crippen LogP contribution in [0.3, 0.4) is 0 Å². The third-order valence-corrected chi connectivity index (χ3v) is 19.2. The first-order chi connectivity index (χ1) is 49.7. The Balaban J connectivity index is 5.29. The van der Waals surface area contributed by atoms with Gasteiger partial charge in [0.1, 0.15) is 19.3 Å². The Labute approximate surface area is 621 Å². The molecule has 5 atom stereocenters. The second kappa shape index (κ2) is 75.5. The van der Waals surface area contributed by atoms with Crippen LogP contribution in [0.5, 0.6) is 0 Å². The van der Waals surface area contributed by atoms with Gasteiger partial charge in [-0.05, 0) is 128 Å². The van der Waals surface area contributed by atoms with E-state index in [0.717, 1.165) is 180 Å². The predicted octanol–water partition coefficient (Wildman–Crippen LogP) is 23.8. The maximum Gasteiger partial charge on any atom is 0.472 e. The molecule has 0 aromatic carbocycles. The van der Waals surface area contributed by atoms with E-state index in [0.29, 0.717) is 25.7 Å². The second-order valence-electron chi connectivity index (χ2n) is 27.4. The van der Waals surface area contributed by atoms with Crippen LogP contribution in [-0.4, -0.2) is 96.7 Å². The van der Waals surface area contributed by atoms with Crippen LogP contribution in [0.2, 0.25) is 0 Å². The number of phosphoric acid groups is 2. The van der Waals surface area contributed by atoms with Crippen LogP contribution < -0.4 is 0 Å². The fourth-order valence-corrected chi connectivity index (χ4v) is 12.6. The lowest BCUT2D eigenvalue weighted by molar-refractivity contribution is -0.161. The molecule has 0 saturated carbocycles. The Bertz CT molecular complexity index is 2260. The van der Waals surface area contributed by atoms with Crippen LogP contribution >= 0.6 is 15.6 Å². The molecule has 3 N–H and O–H groups in total. The smallest absolute Gasteiger partial charge is 0.462 e. The zero-order valence-corrected chi connectivity index (χ0v) is 66.6. The fraction of sp³-hybridized carbons (Fsp3) is 0.783. The number of rotatable bonds is 77. The highest BCUT2D eigenvalue weighted by molar-refractivity contribution is 7.47. The van der Waals surface area contributed by atoms with E-state index in [9.17, 15) is 43.2 Å². The summed E-state index contributed by atoms with van der Waals surface area (Å²) in [7, 11) is -9.95. The molecule has 17 nitrogen and oxygen atoms in total. The molecule has 0 spiro atoms. The predicted molar refractivity (Wildman–Crippen MR) is 418 cm³/mol. The van der Waals surface area contributed by atoms with Crippen molar-refractivity contribution < 1.29 is 80.2 Å². The van der Waals surface area contributed by atoms with Crippen molar-refractivity contribution in [2.75, 3.05) is 39.6 Å². The number of carbonyl (C=O) groups excluding carboxylic acids is 4. The molecule has 19 heteroatoms. The molecule has 0 rings (SSSR count). The van der Waals surface area contributed by atoms with Gasteiger partial charge in [0.15, 0.2) is 12.2 Å². The van der Waals surface area contributed by atoms with Crippen molar-refractivity contribution in [3.63, 3.8) is 0 Å². The number of aliphatic hydroxyl groups is 1. The average Bonchev–Trinajstić information content (AvgIpc) is 0.907. The van der Waals surface area contributed by atoms with Gasteiger partial charge in [-0.3, -0.25) is 37.3 Å². The number of ether oxygens (including phenoxy) is 4. The van der Waals surface area contributed by atoms with Crippen LogP contribution in [-0.2, 0) is 65.4 Å². The van der Waals surface area contributed by atoms with Gasteiger partial charge in [0.25, 0.3) is 0 Å². The van der Waals surface area contributed by atoms with Crippen LogP contribution in [0.15, 0.2) is 85.1 Å². The summed E-state index contributed by atoms with van der Waals surface area (Å²) in [5, 5.41) is 10.6. The van der Waals surface area contributed by atoms with Gasteiger partial charge in [0, 0.05) is 25.7 Å². The second-order valence-corrected chi connectivity index (χ2v) is 30.3. The van der Waals surface area contributed by atoms with E-state index >= 15 is 0 Å². The minimum atomic E-state index is -4.98. The molecule has 0 heterocycles. The summed E-state index contributed by atoms with van der Waals surface area (Å²) in [6, 6.07) is 0. The molecular formula is C83H148O17P2. The van der Waals surface area contributed by atoms with Crippen molar-refractivity contribution in [1.82, 2.24) is 0 Å². The van der Waals surface area contributed by atoms with Gasteiger partial charge in [-0.2, -0.15) is 0 Å². The van der Waals surface area contributed by atoms with E-state index in [4.69, 9.17) is 37.0 Å². The van der Waals surface area contributed by atoms with Crippen LogP contribution in [0.4, 0.5) is 0 Å². The summed E-state index contributed by atoms with van der Waals surface area (Å²) in [6.07, 6.45) is 78.4. The van der Waals surface area contributed by atoms with Crippen molar-refractivity contribution in [3.05, 3.63) is 85.1 Å². The summed E-state index contributed by atoms with van der Waals surface area (Å²) in [5.74, 6) is -2.19. The van der Waals surface area contributed by atoms with Gasteiger partial charge in [-0.1, -0.05) is 293 Å².